The Balaban J connectivity index is 2.32. The maximum Gasteiger partial charge on any atom is 0.267 e. The molecule has 0 saturated heterocycles. The third-order valence-electron chi connectivity index (χ3n) is 3.21. The van der Waals surface area contributed by atoms with E-state index in [4.69, 9.17) is 9.47 Å². The first kappa shape index (κ1) is 15.3. The highest BCUT2D eigenvalue weighted by Gasteiger charge is 2.15. The zero-order valence-corrected chi connectivity index (χ0v) is 12.3. The van der Waals surface area contributed by atoms with Crippen LogP contribution in [0.15, 0.2) is 42.5 Å². The Hall–Kier alpha value is -2.10. The number of hydrogen-bond acceptors (Lipinski definition) is 2. The van der Waals surface area contributed by atoms with E-state index in [-0.39, 0.29) is 11.3 Å². The van der Waals surface area contributed by atoms with Gasteiger partial charge in [-0.25, -0.2) is 8.78 Å². The molecule has 0 saturated carbocycles. The van der Waals surface area contributed by atoms with Crippen LogP contribution in [0.5, 0.6) is 17.2 Å². The molecule has 0 amide bonds. The molecule has 2 aromatic carbocycles. The minimum atomic E-state index is -2.57. The van der Waals surface area contributed by atoms with Crippen LogP contribution in [-0.2, 0) is 0 Å². The molecule has 2 nitrogen and oxygen atoms in total. The fraction of sp³-hybridized carbons (Fsp3) is 0.294. The average Bonchev–Trinajstić information content (AvgIpc) is 2.47. The van der Waals surface area contributed by atoms with E-state index in [2.05, 4.69) is 13.8 Å². The van der Waals surface area contributed by atoms with E-state index in [0.29, 0.717) is 17.4 Å². The summed E-state index contributed by atoms with van der Waals surface area (Å²) in [4.78, 5) is 0. The molecule has 2 aromatic rings. The highest BCUT2D eigenvalue weighted by Crippen LogP contribution is 2.35. The van der Waals surface area contributed by atoms with E-state index < -0.39 is 6.43 Å². The fourth-order valence-electron chi connectivity index (χ4n) is 2.11. The van der Waals surface area contributed by atoms with E-state index in [1.807, 2.05) is 6.07 Å². The zero-order chi connectivity index (χ0) is 15.4. The van der Waals surface area contributed by atoms with Crippen LogP contribution < -0.4 is 9.47 Å². The zero-order valence-electron chi connectivity index (χ0n) is 12.3. The molecule has 0 aliphatic heterocycles. The second kappa shape index (κ2) is 6.57. The van der Waals surface area contributed by atoms with Gasteiger partial charge in [0.15, 0.2) is 0 Å². The Morgan fingerprint density at radius 2 is 1.62 bits per heavy atom. The molecule has 2 rings (SSSR count). The molecule has 0 spiro atoms. The lowest BCUT2D eigenvalue weighted by atomic mass is 10.0. The molecule has 0 fully saturated rings. The molecule has 0 aliphatic carbocycles. The Bertz CT molecular complexity index is 609. The fourth-order valence-corrected chi connectivity index (χ4v) is 2.11. The van der Waals surface area contributed by atoms with E-state index >= 15 is 0 Å². The summed E-state index contributed by atoms with van der Waals surface area (Å²) in [5.41, 5.74) is 0.927. The van der Waals surface area contributed by atoms with Gasteiger partial charge in [0.05, 0.1) is 12.7 Å². The summed E-state index contributed by atoms with van der Waals surface area (Å²) >= 11 is 0. The monoisotopic (exact) mass is 292 g/mol. The summed E-state index contributed by atoms with van der Waals surface area (Å²) in [5, 5.41) is 0. The lowest BCUT2D eigenvalue weighted by molar-refractivity contribution is 0.148. The molecule has 0 heterocycles. The molecule has 21 heavy (non-hydrogen) atoms. The normalized spacial score (nSPS) is 11.0. The summed E-state index contributed by atoms with van der Waals surface area (Å²) in [5.74, 6) is 1.63. The van der Waals surface area contributed by atoms with Gasteiger partial charge < -0.3 is 9.47 Å². The number of benzene rings is 2. The van der Waals surface area contributed by atoms with Gasteiger partial charge in [-0.2, -0.15) is 0 Å². The van der Waals surface area contributed by atoms with Gasteiger partial charge in [-0.15, -0.1) is 0 Å². The third kappa shape index (κ3) is 3.51. The summed E-state index contributed by atoms with van der Waals surface area (Å²) in [6, 6.07) is 11.5. The molecule has 0 bridgehead atoms. The molecule has 112 valence electrons. The number of ether oxygens (including phenoxy) is 2. The van der Waals surface area contributed by atoms with Crippen molar-refractivity contribution in [3.05, 3.63) is 53.6 Å². The predicted octanol–water partition coefficient (Wildman–Crippen LogP) is 5.55. The summed E-state index contributed by atoms with van der Waals surface area (Å²) in [6.07, 6.45) is -2.57. The van der Waals surface area contributed by atoms with Crippen LogP contribution in [0.4, 0.5) is 8.78 Å². The predicted molar refractivity (Wildman–Crippen MR) is 78.6 cm³/mol. The largest absolute Gasteiger partial charge is 0.496 e. The van der Waals surface area contributed by atoms with E-state index in [9.17, 15) is 8.78 Å². The minimum absolute atomic E-state index is 0.121. The second-order valence-electron chi connectivity index (χ2n) is 5.00. The molecule has 0 atom stereocenters. The van der Waals surface area contributed by atoms with Gasteiger partial charge in [-0.3, -0.25) is 0 Å². The molecule has 0 radical (unpaired) electrons. The van der Waals surface area contributed by atoms with Crippen LogP contribution in [-0.4, -0.2) is 7.11 Å². The molecule has 0 aromatic heterocycles. The first-order valence-electron chi connectivity index (χ1n) is 6.75. The van der Waals surface area contributed by atoms with E-state index in [1.54, 1.807) is 31.4 Å². The van der Waals surface area contributed by atoms with Crippen LogP contribution >= 0.6 is 0 Å². The maximum atomic E-state index is 12.9. The van der Waals surface area contributed by atoms with Crippen LogP contribution in [0.25, 0.3) is 0 Å². The molecule has 0 N–H and O–H groups in total. The van der Waals surface area contributed by atoms with Crippen molar-refractivity contribution in [1.29, 1.82) is 0 Å². The highest BCUT2D eigenvalue weighted by molar-refractivity contribution is 5.45. The summed E-state index contributed by atoms with van der Waals surface area (Å²) < 4.78 is 36.8. The van der Waals surface area contributed by atoms with Crippen LogP contribution in [0.3, 0.4) is 0 Å². The van der Waals surface area contributed by atoms with Gasteiger partial charge in [0.2, 0.25) is 0 Å². The van der Waals surface area contributed by atoms with Crippen molar-refractivity contribution in [2.45, 2.75) is 26.2 Å². The Kier molecular flexibility index (Phi) is 4.78. The number of methoxy groups -OCH3 is 1. The standard InChI is InChI=1S/C17H18F2O2/c1-11(2)13-9-8-12(10-16(13)20-3)21-15-7-5-4-6-14(15)17(18)19/h4-11,17H,1-3H3. The third-order valence-corrected chi connectivity index (χ3v) is 3.21. The van der Waals surface area contributed by atoms with E-state index in [0.717, 1.165) is 5.56 Å². The van der Waals surface area contributed by atoms with Crippen LogP contribution in [0, 0.1) is 0 Å². The molecule has 0 unspecified atom stereocenters. The van der Waals surface area contributed by atoms with Gasteiger partial charge in [-0.1, -0.05) is 32.0 Å². The smallest absolute Gasteiger partial charge is 0.267 e. The number of alkyl halides is 2. The van der Waals surface area contributed by atoms with Crippen molar-refractivity contribution in [2.75, 3.05) is 7.11 Å². The molecular weight excluding hydrogens is 274 g/mol. The summed E-state index contributed by atoms with van der Waals surface area (Å²) in [7, 11) is 1.58. The average molecular weight is 292 g/mol. The van der Waals surface area contributed by atoms with E-state index in [1.165, 1.54) is 12.1 Å². The number of hydrogen-bond donors (Lipinski definition) is 0. The van der Waals surface area contributed by atoms with Crippen LogP contribution in [0.1, 0.15) is 37.3 Å². The van der Waals surface area contributed by atoms with Crippen molar-refractivity contribution >= 4 is 0 Å². The number of rotatable bonds is 5. The lowest BCUT2D eigenvalue weighted by Gasteiger charge is -2.15. The van der Waals surface area contributed by atoms with Gasteiger partial charge in [0, 0.05) is 6.07 Å². The highest BCUT2D eigenvalue weighted by atomic mass is 19.3. The number of halogens is 2. The number of para-hydroxylation sites is 1. The van der Waals surface area contributed by atoms with Crippen molar-refractivity contribution in [2.24, 2.45) is 0 Å². The first-order valence-corrected chi connectivity index (χ1v) is 6.75. The van der Waals surface area contributed by atoms with Crippen molar-refractivity contribution in [1.82, 2.24) is 0 Å². The van der Waals surface area contributed by atoms with Gasteiger partial charge in [0.1, 0.15) is 17.2 Å². The lowest BCUT2D eigenvalue weighted by Crippen LogP contribution is -1.96. The van der Waals surface area contributed by atoms with Crippen LogP contribution in [0.2, 0.25) is 0 Å². The van der Waals surface area contributed by atoms with Crippen molar-refractivity contribution in [3.63, 3.8) is 0 Å². The maximum absolute atomic E-state index is 12.9. The Labute approximate surface area is 123 Å². The minimum Gasteiger partial charge on any atom is -0.496 e. The quantitative estimate of drug-likeness (QED) is 0.719. The van der Waals surface area contributed by atoms with Gasteiger partial charge >= 0.3 is 0 Å². The Morgan fingerprint density at radius 1 is 0.905 bits per heavy atom. The van der Waals surface area contributed by atoms with Crippen molar-refractivity contribution in [3.8, 4) is 17.2 Å². The van der Waals surface area contributed by atoms with Gasteiger partial charge in [0.25, 0.3) is 6.43 Å². The molecule has 0 aliphatic rings. The molecular formula is C17H18F2O2. The first-order chi connectivity index (χ1) is 10.0. The topological polar surface area (TPSA) is 18.5 Å². The SMILES string of the molecule is COc1cc(Oc2ccccc2C(F)F)ccc1C(C)C. The Morgan fingerprint density at radius 3 is 2.24 bits per heavy atom. The summed E-state index contributed by atoms with van der Waals surface area (Å²) in [6.45, 7) is 4.12. The van der Waals surface area contributed by atoms with Gasteiger partial charge in [-0.05, 0) is 29.7 Å². The van der Waals surface area contributed by atoms with Crippen molar-refractivity contribution < 1.29 is 18.3 Å². The molecule has 4 heteroatoms. The second-order valence-corrected chi connectivity index (χ2v) is 5.00.